The summed E-state index contributed by atoms with van der Waals surface area (Å²) in [4.78, 5) is 0. The van der Waals surface area contributed by atoms with Gasteiger partial charge in [0, 0.05) is 5.57 Å². The van der Waals surface area contributed by atoms with Crippen LogP contribution in [0.4, 0.5) is 0 Å². The second kappa shape index (κ2) is 10.9. The van der Waals surface area contributed by atoms with E-state index in [0.717, 1.165) is 29.6 Å². The summed E-state index contributed by atoms with van der Waals surface area (Å²) in [5, 5.41) is 0. The lowest BCUT2D eigenvalue weighted by atomic mass is 9.76. The second-order valence-corrected chi connectivity index (χ2v) is 8.17. The third-order valence-corrected chi connectivity index (χ3v) is 5.99. The third kappa shape index (κ3) is 6.43. The smallest absolute Gasteiger partial charge is 0.119 e. The van der Waals surface area contributed by atoms with Crippen molar-refractivity contribution in [3.8, 4) is 5.75 Å². The van der Waals surface area contributed by atoms with Crippen molar-refractivity contribution in [1.29, 1.82) is 0 Å². The zero-order chi connectivity index (χ0) is 19.6. The maximum absolute atomic E-state index is 5.94. The van der Waals surface area contributed by atoms with Crippen LogP contribution in [0.3, 0.4) is 0 Å². The van der Waals surface area contributed by atoms with Gasteiger partial charge in [-0.2, -0.15) is 0 Å². The first kappa shape index (κ1) is 20.5. The van der Waals surface area contributed by atoms with Crippen LogP contribution >= 0.6 is 0 Å². The van der Waals surface area contributed by atoms with E-state index >= 15 is 0 Å². The average molecular weight is 375 g/mol. The maximum atomic E-state index is 5.94. The molecule has 0 aliphatic heterocycles. The first-order chi connectivity index (χ1) is 13.7. The summed E-state index contributed by atoms with van der Waals surface area (Å²) in [6.07, 6.45) is 11.3. The zero-order valence-corrected chi connectivity index (χ0v) is 17.5. The van der Waals surface area contributed by atoms with E-state index in [9.17, 15) is 0 Å². The van der Waals surface area contributed by atoms with Crippen molar-refractivity contribution >= 4 is 0 Å². The fraction of sp³-hybridized carbons (Fsp3) is 0.444. The lowest BCUT2D eigenvalue weighted by molar-refractivity contribution is 0.232. The van der Waals surface area contributed by atoms with Gasteiger partial charge in [0.15, 0.2) is 0 Å². The van der Waals surface area contributed by atoms with Crippen molar-refractivity contribution in [3.05, 3.63) is 83.1 Å². The molecular formula is C27H34O. The lowest BCUT2D eigenvalue weighted by Crippen LogP contribution is -2.18. The zero-order valence-electron chi connectivity index (χ0n) is 17.5. The summed E-state index contributed by atoms with van der Waals surface area (Å²) in [7, 11) is 0. The largest absolute Gasteiger partial charge is 0.489 e. The van der Waals surface area contributed by atoms with Crippen LogP contribution in [-0.4, -0.2) is 6.61 Å². The average Bonchev–Trinajstić information content (AvgIpc) is 2.74. The number of hydrogen-bond donors (Lipinski definition) is 0. The summed E-state index contributed by atoms with van der Waals surface area (Å²) in [5.41, 5.74) is 7.27. The molecule has 0 heterocycles. The number of benzene rings is 2. The Morgan fingerprint density at radius 3 is 2.36 bits per heavy atom. The molecular weight excluding hydrogens is 340 g/mol. The van der Waals surface area contributed by atoms with Crippen molar-refractivity contribution in [1.82, 2.24) is 0 Å². The van der Waals surface area contributed by atoms with Crippen LogP contribution in [0.25, 0.3) is 0 Å². The normalized spacial score (nSPS) is 18.9. The van der Waals surface area contributed by atoms with Crippen LogP contribution in [0.1, 0.15) is 63.5 Å². The highest BCUT2D eigenvalue weighted by molar-refractivity contribution is 5.31. The molecule has 148 valence electrons. The first-order valence-electron chi connectivity index (χ1n) is 10.9. The molecule has 0 aromatic heterocycles. The van der Waals surface area contributed by atoms with Crippen LogP contribution in [0, 0.1) is 11.8 Å². The van der Waals surface area contributed by atoms with E-state index in [2.05, 4.69) is 80.3 Å². The summed E-state index contributed by atoms with van der Waals surface area (Å²) in [5.74, 6) is 2.70. The molecule has 1 nitrogen and oxygen atoms in total. The van der Waals surface area contributed by atoms with Gasteiger partial charge in [0.05, 0.1) is 0 Å². The molecule has 1 heteroatoms. The van der Waals surface area contributed by atoms with Crippen LogP contribution < -0.4 is 4.74 Å². The molecule has 0 N–H and O–H groups in total. The van der Waals surface area contributed by atoms with Gasteiger partial charge >= 0.3 is 0 Å². The van der Waals surface area contributed by atoms with Crippen molar-refractivity contribution in [2.24, 2.45) is 11.8 Å². The highest BCUT2D eigenvalue weighted by atomic mass is 16.5. The van der Waals surface area contributed by atoms with Gasteiger partial charge in [-0.25, -0.2) is 0 Å². The standard InChI is InChI=1S/C27H34O/c1-3-25-13-7-8-14-26(25)15-9-10-22(2)21-28-27-18-16-24(17-19-27)20-23-11-5-4-6-12-23/h4-6,9,11-12,16-19,25-26H,3,7-8,13-15,20-21H2,1-2H3. The molecule has 0 radical (unpaired) electrons. The number of rotatable bonds is 8. The SMILES string of the molecule is CCC1CCCCC1CC=C=C(C)COc1ccc(Cc2ccccc2)cc1. The monoisotopic (exact) mass is 374 g/mol. The van der Waals surface area contributed by atoms with Crippen molar-refractivity contribution < 1.29 is 4.74 Å². The molecule has 2 aromatic rings. The minimum Gasteiger partial charge on any atom is -0.489 e. The van der Waals surface area contributed by atoms with E-state index in [1.165, 1.54) is 49.7 Å². The molecule has 1 fully saturated rings. The molecule has 1 saturated carbocycles. The van der Waals surface area contributed by atoms with Crippen LogP contribution in [0.2, 0.25) is 0 Å². The second-order valence-electron chi connectivity index (χ2n) is 8.17. The van der Waals surface area contributed by atoms with Crippen LogP contribution in [0.15, 0.2) is 72.0 Å². The molecule has 3 rings (SSSR count). The molecule has 1 aliphatic carbocycles. The summed E-state index contributed by atoms with van der Waals surface area (Å²) < 4.78 is 5.94. The van der Waals surface area contributed by atoms with Crippen LogP contribution in [-0.2, 0) is 6.42 Å². The predicted molar refractivity (Wildman–Crippen MR) is 119 cm³/mol. The molecule has 1 aliphatic rings. The minimum atomic E-state index is 0.608. The van der Waals surface area contributed by atoms with Crippen molar-refractivity contribution in [3.63, 3.8) is 0 Å². The van der Waals surface area contributed by atoms with Gasteiger partial charge < -0.3 is 4.74 Å². The van der Waals surface area contributed by atoms with E-state index in [1.807, 2.05) is 0 Å². The van der Waals surface area contributed by atoms with E-state index in [4.69, 9.17) is 4.74 Å². The Bertz CT molecular complexity index is 766. The summed E-state index contributed by atoms with van der Waals surface area (Å²) in [6, 6.07) is 19.0. The van der Waals surface area contributed by atoms with E-state index in [-0.39, 0.29) is 0 Å². The minimum absolute atomic E-state index is 0.608. The molecule has 0 amide bonds. The number of ether oxygens (including phenoxy) is 1. The molecule has 0 bridgehead atoms. The molecule has 2 aromatic carbocycles. The van der Waals surface area contributed by atoms with Gasteiger partial charge in [-0.3, -0.25) is 0 Å². The molecule has 0 saturated heterocycles. The lowest BCUT2D eigenvalue weighted by Gasteiger charge is -2.29. The number of hydrogen-bond acceptors (Lipinski definition) is 1. The molecule has 2 unspecified atom stereocenters. The van der Waals surface area contributed by atoms with Crippen molar-refractivity contribution in [2.45, 2.75) is 58.8 Å². The van der Waals surface area contributed by atoms with E-state index in [1.54, 1.807) is 0 Å². The van der Waals surface area contributed by atoms with Gasteiger partial charge in [-0.1, -0.05) is 75.1 Å². The maximum Gasteiger partial charge on any atom is 0.119 e. The van der Waals surface area contributed by atoms with Gasteiger partial charge in [-0.15, -0.1) is 5.73 Å². The highest BCUT2D eigenvalue weighted by Crippen LogP contribution is 2.34. The van der Waals surface area contributed by atoms with Gasteiger partial charge in [0.2, 0.25) is 0 Å². The Morgan fingerprint density at radius 2 is 1.64 bits per heavy atom. The van der Waals surface area contributed by atoms with Gasteiger partial charge in [0.25, 0.3) is 0 Å². The topological polar surface area (TPSA) is 9.23 Å². The molecule has 0 spiro atoms. The van der Waals surface area contributed by atoms with Gasteiger partial charge in [0.1, 0.15) is 12.4 Å². The predicted octanol–water partition coefficient (Wildman–Crippen LogP) is 7.36. The van der Waals surface area contributed by atoms with E-state index < -0.39 is 0 Å². The summed E-state index contributed by atoms with van der Waals surface area (Å²) in [6.45, 7) is 5.06. The Morgan fingerprint density at radius 1 is 0.964 bits per heavy atom. The van der Waals surface area contributed by atoms with E-state index in [0.29, 0.717) is 6.61 Å². The third-order valence-electron chi connectivity index (χ3n) is 5.99. The van der Waals surface area contributed by atoms with Crippen molar-refractivity contribution in [2.75, 3.05) is 6.61 Å². The van der Waals surface area contributed by atoms with Gasteiger partial charge in [-0.05, 0) is 67.4 Å². The first-order valence-corrected chi connectivity index (χ1v) is 10.9. The Hall–Kier alpha value is -2.24. The fourth-order valence-electron chi connectivity index (χ4n) is 4.29. The Balaban J connectivity index is 1.47. The summed E-state index contributed by atoms with van der Waals surface area (Å²) >= 11 is 0. The molecule has 2 atom stereocenters. The quantitative estimate of drug-likeness (QED) is 0.438. The fourth-order valence-corrected chi connectivity index (χ4v) is 4.29. The highest BCUT2D eigenvalue weighted by Gasteiger charge is 2.22. The van der Waals surface area contributed by atoms with Crippen LogP contribution in [0.5, 0.6) is 5.75 Å². The molecule has 28 heavy (non-hydrogen) atoms. The Labute approximate surface area is 171 Å². The Kier molecular flexibility index (Phi) is 8.00.